The van der Waals surface area contributed by atoms with E-state index in [1.165, 1.54) is 29.8 Å². The van der Waals surface area contributed by atoms with E-state index in [9.17, 15) is 9.18 Å². The summed E-state index contributed by atoms with van der Waals surface area (Å²) in [6.07, 6.45) is 4.04. The van der Waals surface area contributed by atoms with Crippen LogP contribution in [0.15, 0.2) is 35.4 Å². The Morgan fingerprint density at radius 2 is 1.96 bits per heavy atom. The van der Waals surface area contributed by atoms with E-state index in [0.717, 1.165) is 18.8 Å². The molecule has 1 aliphatic heterocycles. The van der Waals surface area contributed by atoms with Gasteiger partial charge in [0, 0.05) is 31.2 Å². The van der Waals surface area contributed by atoms with Crippen molar-refractivity contribution in [1.29, 1.82) is 0 Å². The molecule has 144 valence electrons. The molecule has 0 amide bonds. The average Bonchev–Trinajstić information content (AvgIpc) is 3.43. The molecule has 0 radical (unpaired) electrons. The van der Waals surface area contributed by atoms with Crippen LogP contribution in [0.5, 0.6) is 0 Å². The minimum absolute atomic E-state index is 0.137. The summed E-state index contributed by atoms with van der Waals surface area (Å²) in [5.74, 6) is -0.422. The van der Waals surface area contributed by atoms with E-state index in [1.54, 1.807) is 25.2 Å². The highest BCUT2D eigenvalue weighted by Crippen LogP contribution is 2.55. The van der Waals surface area contributed by atoms with Crippen molar-refractivity contribution in [2.75, 3.05) is 23.3 Å². The maximum atomic E-state index is 14.6. The molecule has 2 fully saturated rings. The number of anilines is 3. The molecule has 5 nitrogen and oxygen atoms in total. The van der Waals surface area contributed by atoms with E-state index in [1.807, 2.05) is 6.92 Å². The zero-order chi connectivity index (χ0) is 19.6. The lowest BCUT2D eigenvalue weighted by molar-refractivity contribution is 0.387. The number of rotatable bonds is 3. The lowest BCUT2D eigenvalue weighted by Gasteiger charge is -2.42. The Balaban J connectivity index is 1.55. The van der Waals surface area contributed by atoms with Gasteiger partial charge in [0.15, 0.2) is 0 Å². The predicted molar refractivity (Wildman–Crippen MR) is 110 cm³/mol. The van der Waals surface area contributed by atoms with E-state index in [4.69, 9.17) is 11.6 Å². The number of aryl methyl sites for hydroxylation is 2. The summed E-state index contributed by atoms with van der Waals surface area (Å²) in [5, 5.41) is 4.00. The maximum Gasteiger partial charge on any atom is 0.261 e. The van der Waals surface area contributed by atoms with Gasteiger partial charge in [-0.05, 0) is 49.6 Å². The molecule has 1 saturated heterocycles. The van der Waals surface area contributed by atoms with Crippen LogP contribution in [0.2, 0.25) is 5.02 Å². The van der Waals surface area contributed by atoms with E-state index in [0.29, 0.717) is 32.6 Å². The van der Waals surface area contributed by atoms with Crippen molar-refractivity contribution in [3.05, 3.63) is 57.3 Å². The molecular formula is C21H20ClFN4O. The molecule has 1 spiro atoms. The molecule has 5 rings (SSSR count). The number of hydrogen-bond acceptors (Lipinski definition) is 4. The lowest BCUT2D eigenvalue weighted by Crippen LogP contribution is -2.48. The second-order valence-electron chi connectivity index (χ2n) is 8.03. The fraction of sp³-hybridized carbons (Fsp3) is 0.333. The van der Waals surface area contributed by atoms with E-state index in [2.05, 4.69) is 15.2 Å². The number of nitrogens with one attached hydrogen (secondary N) is 1. The first kappa shape index (κ1) is 17.5. The first-order valence-electron chi connectivity index (χ1n) is 9.33. The fourth-order valence-corrected chi connectivity index (χ4v) is 4.37. The van der Waals surface area contributed by atoms with Crippen molar-refractivity contribution in [3.8, 4) is 0 Å². The normalized spacial score (nSPS) is 17.1. The summed E-state index contributed by atoms with van der Waals surface area (Å²) in [4.78, 5) is 19.0. The monoisotopic (exact) mass is 398 g/mol. The van der Waals surface area contributed by atoms with Crippen LogP contribution in [-0.2, 0) is 7.05 Å². The average molecular weight is 399 g/mol. The van der Waals surface area contributed by atoms with Crippen molar-refractivity contribution < 1.29 is 4.39 Å². The van der Waals surface area contributed by atoms with Gasteiger partial charge < -0.3 is 14.8 Å². The molecule has 3 aromatic rings. The van der Waals surface area contributed by atoms with Crippen molar-refractivity contribution >= 4 is 39.6 Å². The van der Waals surface area contributed by atoms with Crippen molar-refractivity contribution in [2.45, 2.75) is 19.8 Å². The minimum Gasteiger partial charge on any atom is -0.369 e. The van der Waals surface area contributed by atoms with Crippen LogP contribution in [-0.4, -0.2) is 22.6 Å². The Kier molecular flexibility index (Phi) is 3.72. The molecule has 1 saturated carbocycles. The summed E-state index contributed by atoms with van der Waals surface area (Å²) >= 11 is 6.59. The predicted octanol–water partition coefficient (Wildman–Crippen LogP) is 4.38. The van der Waals surface area contributed by atoms with Gasteiger partial charge in [-0.25, -0.2) is 9.37 Å². The fourth-order valence-electron chi connectivity index (χ4n) is 4.05. The van der Waals surface area contributed by atoms with Crippen LogP contribution in [0.25, 0.3) is 10.9 Å². The molecule has 28 heavy (non-hydrogen) atoms. The van der Waals surface area contributed by atoms with Crippen LogP contribution >= 0.6 is 11.6 Å². The minimum atomic E-state index is -0.422. The van der Waals surface area contributed by atoms with Gasteiger partial charge in [-0.3, -0.25) is 4.79 Å². The maximum absolute atomic E-state index is 14.6. The van der Waals surface area contributed by atoms with Crippen LogP contribution in [0.3, 0.4) is 0 Å². The number of benzene rings is 2. The zero-order valence-electron chi connectivity index (χ0n) is 15.7. The Morgan fingerprint density at radius 1 is 1.21 bits per heavy atom. The Morgan fingerprint density at radius 3 is 2.68 bits per heavy atom. The van der Waals surface area contributed by atoms with Crippen LogP contribution < -0.4 is 15.8 Å². The van der Waals surface area contributed by atoms with Gasteiger partial charge in [-0.2, -0.15) is 0 Å². The summed E-state index contributed by atoms with van der Waals surface area (Å²) in [6, 6.07) is 6.74. The van der Waals surface area contributed by atoms with Crippen molar-refractivity contribution in [3.63, 3.8) is 0 Å². The molecule has 2 aliphatic rings. The number of hydrogen-bond donors (Lipinski definition) is 1. The summed E-state index contributed by atoms with van der Waals surface area (Å²) < 4.78 is 16.0. The molecule has 0 atom stereocenters. The quantitative estimate of drug-likeness (QED) is 0.711. The zero-order valence-corrected chi connectivity index (χ0v) is 16.5. The molecule has 7 heteroatoms. The Hall–Kier alpha value is -2.60. The summed E-state index contributed by atoms with van der Waals surface area (Å²) in [7, 11) is 1.66. The molecule has 1 N–H and O–H groups in total. The number of nitrogens with zero attached hydrogens (tertiary/aromatic N) is 3. The van der Waals surface area contributed by atoms with Crippen LogP contribution in [0.1, 0.15) is 18.4 Å². The van der Waals surface area contributed by atoms with Gasteiger partial charge >= 0.3 is 0 Å². The van der Waals surface area contributed by atoms with Gasteiger partial charge in [0.05, 0.1) is 33.6 Å². The second-order valence-corrected chi connectivity index (χ2v) is 8.41. The van der Waals surface area contributed by atoms with Gasteiger partial charge in [0.2, 0.25) is 0 Å². The number of aromatic nitrogens is 2. The molecule has 1 aliphatic carbocycles. The molecule has 2 aromatic carbocycles. The Labute approximate surface area is 166 Å². The van der Waals surface area contributed by atoms with Crippen LogP contribution in [0, 0.1) is 18.2 Å². The molecule has 0 unspecified atom stereocenters. The van der Waals surface area contributed by atoms with Crippen molar-refractivity contribution in [1.82, 2.24) is 9.55 Å². The molecule has 1 aromatic heterocycles. The smallest absolute Gasteiger partial charge is 0.261 e. The Bertz CT molecular complexity index is 1180. The molecule has 2 heterocycles. The largest absolute Gasteiger partial charge is 0.369 e. The highest BCUT2D eigenvalue weighted by molar-refractivity contribution is 6.36. The molecule has 0 bridgehead atoms. The first-order chi connectivity index (χ1) is 13.4. The standard InChI is InChI=1S/C21H20ClFN4O/c1-12-14(4-5-15-17(12)20(28)26(2)11-24-15)25-19-13(23)3-6-16(18(19)22)27-9-21(10-27)7-8-21/h3-6,11,25H,7-10H2,1-2H3. The van der Waals surface area contributed by atoms with Gasteiger partial charge in [0.25, 0.3) is 5.56 Å². The first-order valence-corrected chi connectivity index (χ1v) is 9.71. The third-order valence-electron chi connectivity index (χ3n) is 6.03. The van der Waals surface area contributed by atoms with Gasteiger partial charge in [-0.1, -0.05) is 11.6 Å². The van der Waals surface area contributed by atoms with E-state index >= 15 is 0 Å². The topological polar surface area (TPSA) is 50.2 Å². The van der Waals surface area contributed by atoms with Gasteiger partial charge in [0.1, 0.15) is 5.82 Å². The lowest BCUT2D eigenvalue weighted by atomic mass is 9.96. The number of halogens is 2. The van der Waals surface area contributed by atoms with E-state index in [-0.39, 0.29) is 11.2 Å². The SMILES string of the molecule is Cc1c(Nc2c(F)ccc(N3CC4(CC4)C3)c2Cl)ccc2ncn(C)c(=O)c12. The van der Waals surface area contributed by atoms with Crippen LogP contribution in [0.4, 0.5) is 21.5 Å². The molecular weight excluding hydrogens is 379 g/mol. The second kappa shape index (κ2) is 5.95. The third kappa shape index (κ3) is 2.58. The summed E-state index contributed by atoms with van der Waals surface area (Å²) in [6.45, 7) is 3.79. The highest BCUT2D eigenvalue weighted by atomic mass is 35.5. The van der Waals surface area contributed by atoms with Gasteiger partial charge in [-0.15, -0.1) is 0 Å². The number of fused-ring (bicyclic) bond motifs is 1. The van der Waals surface area contributed by atoms with Crippen molar-refractivity contribution in [2.24, 2.45) is 12.5 Å². The highest BCUT2D eigenvalue weighted by Gasteiger charge is 2.52. The third-order valence-corrected chi connectivity index (χ3v) is 6.41. The van der Waals surface area contributed by atoms with E-state index < -0.39 is 5.82 Å². The summed E-state index contributed by atoms with van der Waals surface area (Å²) in [5.41, 5.74) is 3.39.